The SMILES string of the molecule is Cc1nnsc1CC1CCNC1. The maximum absolute atomic E-state index is 4.01. The van der Waals surface area contributed by atoms with Crippen LogP contribution >= 0.6 is 11.5 Å². The lowest BCUT2D eigenvalue weighted by molar-refractivity contribution is 0.583. The van der Waals surface area contributed by atoms with Crippen LogP contribution in [0.3, 0.4) is 0 Å². The van der Waals surface area contributed by atoms with E-state index < -0.39 is 0 Å². The van der Waals surface area contributed by atoms with Gasteiger partial charge in [0.25, 0.3) is 0 Å². The fraction of sp³-hybridized carbons (Fsp3) is 0.750. The molecule has 0 bridgehead atoms. The van der Waals surface area contributed by atoms with Crippen LogP contribution in [0.5, 0.6) is 0 Å². The summed E-state index contributed by atoms with van der Waals surface area (Å²) in [5.41, 5.74) is 1.12. The molecule has 1 fully saturated rings. The molecule has 3 nitrogen and oxygen atoms in total. The van der Waals surface area contributed by atoms with E-state index in [1.54, 1.807) is 11.5 Å². The van der Waals surface area contributed by atoms with Crippen molar-refractivity contribution in [2.75, 3.05) is 13.1 Å². The van der Waals surface area contributed by atoms with Crippen molar-refractivity contribution in [1.29, 1.82) is 0 Å². The highest BCUT2D eigenvalue weighted by atomic mass is 32.1. The summed E-state index contributed by atoms with van der Waals surface area (Å²) < 4.78 is 3.94. The van der Waals surface area contributed by atoms with Crippen LogP contribution in [-0.4, -0.2) is 22.7 Å². The predicted octanol–water partition coefficient (Wildman–Crippen LogP) is 0.999. The van der Waals surface area contributed by atoms with Crippen molar-refractivity contribution in [2.24, 2.45) is 5.92 Å². The second kappa shape index (κ2) is 3.49. The van der Waals surface area contributed by atoms with Gasteiger partial charge in [0.15, 0.2) is 0 Å². The Morgan fingerprint density at radius 1 is 1.67 bits per heavy atom. The van der Waals surface area contributed by atoms with Crippen molar-refractivity contribution in [3.63, 3.8) is 0 Å². The lowest BCUT2D eigenvalue weighted by Gasteiger charge is -2.04. The Labute approximate surface area is 76.4 Å². The van der Waals surface area contributed by atoms with E-state index in [-0.39, 0.29) is 0 Å². The topological polar surface area (TPSA) is 37.8 Å². The zero-order valence-corrected chi connectivity index (χ0v) is 8.02. The summed E-state index contributed by atoms with van der Waals surface area (Å²) in [7, 11) is 0. The normalized spacial score (nSPS) is 23.2. The summed E-state index contributed by atoms with van der Waals surface area (Å²) in [5, 5.41) is 7.37. The van der Waals surface area contributed by atoms with E-state index in [1.165, 1.54) is 17.8 Å². The zero-order chi connectivity index (χ0) is 8.39. The van der Waals surface area contributed by atoms with Crippen LogP contribution in [0.2, 0.25) is 0 Å². The van der Waals surface area contributed by atoms with E-state index in [1.807, 2.05) is 6.92 Å². The fourth-order valence-electron chi connectivity index (χ4n) is 1.59. The summed E-state index contributed by atoms with van der Waals surface area (Å²) in [6.45, 7) is 4.38. The van der Waals surface area contributed by atoms with E-state index in [0.717, 1.165) is 24.6 Å². The highest BCUT2D eigenvalue weighted by Gasteiger charge is 2.16. The largest absolute Gasteiger partial charge is 0.316 e. The van der Waals surface area contributed by atoms with Gasteiger partial charge >= 0.3 is 0 Å². The molecule has 0 spiro atoms. The number of nitrogens with one attached hydrogen (secondary N) is 1. The molecule has 1 aliphatic heterocycles. The minimum Gasteiger partial charge on any atom is -0.316 e. The summed E-state index contributed by atoms with van der Waals surface area (Å²) in [6, 6.07) is 0. The van der Waals surface area contributed by atoms with Crippen molar-refractivity contribution in [1.82, 2.24) is 14.9 Å². The summed E-state index contributed by atoms with van der Waals surface area (Å²) in [5.74, 6) is 0.811. The van der Waals surface area contributed by atoms with Gasteiger partial charge in [-0.15, -0.1) is 5.10 Å². The Morgan fingerprint density at radius 3 is 3.17 bits per heavy atom. The molecule has 0 amide bonds. The minimum atomic E-state index is 0.811. The molecule has 2 heterocycles. The average molecular weight is 183 g/mol. The van der Waals surface area contributed by atoms with Gasteiger partial charge in [0.1, 0.15) is 0 Å². The van der Waals surface area contributed by atoms with Gasteiger partial charge < -0.3 is 5.32 Å². The summed E-state index contributed by atoms with van der Waals surface area (Å²) in [4.78, 5) is 1.36. The number of hydrogen-bond acceptors (Lipinski definition) is 4. The van der Waals surface area contributed by atoms with Crippen LogP contribution in [0.4, 0.5) is 0 Å². The Bertz CT molecular complexity index is 253. The smallest absolute Gasteiger partial charge is 0.0756 e. The molecule has 1 atom stereocenters. The molecular weight excluding hydrogens is 170 g/mol. The van der Waals surface area contributed by atoms with E-state index in [2.05, 4.69) is 14.9 Å². The third kappa shape index (κ3) is 1.64. The molecule has 1 aromatic rings. The molecule has 0 saturated carbocycles. The molecular formula is C8H13N3S. The van der Waals surface area contributed by atoms with Crippen LogP contribution < -0.4 is 5.32 Å². The Morgan fingerprint density at radius 2 is 2.58 bits per heavy atom. The van der Waals surface area contributed by atoms with E-state index >= 15 is 0 Å². The predicted molar refractivity (Wildman–Crippen MR) is 49.3 cm³/mol. The van der Waals surface area contributed by atoms with Crippen LogP contribution in [0.1, 0.15) is 17.0 Å². The first-order valence-electron chi connectivity index (χ1n) is 4.35. The quantitative estimate of drug-likeness (QED) is 0.743. The van der Waals surface area contributed by atoms with Gasteiger partial charge in [-0.2, -0.15) is 0 Å². The Kier molecular flexibility index (Phi) is 2.37. The molecule has 1 aromatic heterocycles. The van der Waals surface area contributed by atoms with Gasteiger partial charge in [-0.25, -0.2) is 0 Å². The lowest BCUT2D eigenvalue weighted by Crippen LogP contribution is -2.10. The van der Waals surface area contributed by atoms with Crippen molar-refractivity contribution in [3.8, 4) is 0 Å². The number of rotatable bonds is 2. The number of nitrogens with zero attached hydrogens (tertiary/aromatic N) is 2. The molecule has 1 aliphatic rings. The molecule has 1 unspecified atom stereocenters. The van der Waals surface area contributed by atoms with Crippen LogP contribution in [0.25, 0.3) is 0 Å². The van der Waals surface area contributed by atoms with Gasteiger partial charge in [-0.1, -0.05) is 4.49 Å². The maximum atomic E-state index is 4.01. The zero-order valence-electron chi connectivity index (χ0n) is 7.21. The summed E-state index contributed by atoms with van der Waals surface area (Å²) >= 11 is 1.55. The summed E-state index contributed by atoms with van der Waals surface area (Å²) in [6.07, 6.45) is 2.47. The Balaban J connectivity index is 1.98. The van der Waals surface area contributed by atoms with Gasteiger partial charge in [0.2, 0.25) is 0 Å². The molecule has 1 saturated heterocycles. The molecule has 1 N–H and O–H groups in total. The fourth-order valence-corrected chi connectivity index (χ4v) is 2.33. The van der Waals surface area contributed by atoms with Gasteiger partial charge in [-0.3, -0.25) is 0 Å². The van der Waals surface area contributed by atoms with Crippen molar-refractivity contribution >= 4 is 11.5 Å². The molecule has 4 heteroatoms. The Hall–Kier alpha value is -0.480. The first-order valence-corrected chi connectivity index (χ1v) is 5.12. The lowest BCUT2D eigenvalue weighted by atomic mass is 10.0. The van der Waals surface area contributed by atoms with E-state index in [9.17, 15) is 0 Å². The van der Waals surface area contributed by atoms with Crippen LogP contribution in [0, 0.1) is 12.8 Å². The van der Waals surface area contributed by atoms with Crippen molar-refractivity contribution in [2.45, 2.75) is 19.8 Å². The highest BCUT2D eigenvalue weighted by molar-refractivity contribution is 7.05. The van der Waals surface area contributed by atoms with Crippen molar-refractivity contribution in [3.05, 3.63) is 10.6 Å². The maximum Gasteiger partial charge on any atom is 0.0756 e. The van der Waals surface area contributed by atoms with Crippen molar-refractivity contribution < 1.29 is 0 Å². The highest BCUT2D eigenvalue weighted by Crippen LogP contribution is 2.18. The second-order valence-corrected chi connectivity index (χ2v) is 4.18. The van der Waals surface area contributed by atoms with Crippen LogP contribution in [-0.2, 0) is 6.42 Å². The number of aryl methyl sites for hydroxylation is 1. The average Bonchev–Trinajstić information content (AvgIpc) is 2.65. The first kappa shape index (κ1) is 8.13. The second-order valence-electron chi connectivity index (χ2n) is 3.34. The standard InChI is InChI=1S/C8H13N3S/c1-6-8(12-11-10-6)4-7-2-3-9-5-7/h7,9H,2-5H2,1H3. The van der Waals surface area contributed by atoms with Gasteiger partial charge in [-0.05, 0) is 50.3 Å². The molecule has 0 aromatic carbocycles. The minimum absolute atomic E-state index is 0.811. The monoisotopic (exact) mass is 183 g/mol. The molecule has 0 radical (unpaired) electrons. The molecule has 2 rings (SSSR count). The molecule has 0 aliphatic carbocycles. The van der Waals surface area contributed by atoms with Gasteiger partial charge in [0, 0.05) is 4.88 Å². The molecule has 12 heavy (non-hydrogen) atoms. The van der Waals surface area contributed by atoms with Gasteiger partial charge in [0.05, 0.1) is 5.69 Å². The van der Waals surface area contributed by atoms with Crippen LogP contribution in [0.15, 0.2) is 0 Å². The van der Waals surface area contributed by atoms with E-state index in [0.29, 0.717) is 0 Å². The number of aromatic nitrogens is 2. The third-order valence-corrected chi connectivity index (χ3v) is 3.23. The third-order valence-electron chi connectivity index (χ3n) is 2.38. The van der Waals surface area contributed by atoms with E-state index in [4.69, 9.17) is 0 Å². The molecule has 66 valence electrons. The first-order chi connectivity index (χ1) is 5.86. The number of hydrogen-bond donors (Lipinski definition) is 1.